The summed E-state index contributed by atoms with van der Waals surface area (Å²) in [6.45, 7) is 5.59. The number of fused-ring (bicyclic) bond motifs is 1. The molecule has 0 N–H and O–H groups in total. The van der Waals surface area contributed by atoms with Crippen LogP contribution in [0.5, 0.6) is 5.75 Å². The van der Waals surface area contributed by atoms with Crippen LogP contribution in [0.4, 0.5) is 4.79 Å². The fraction of sp³-hybridized carbons (Fsp3) is 0.353. The van der Waals surface area contributed by atoms with E-state index >= 15 is 0 Å². The second-order valence-electron chi connectivity index (χ2n) is 6.41. The van der Waals surface area contributed by atoms with E-state index in [9.17, 15) is 4.79 Å². The highest BCUT2D eigenvalue weighted by Crippen LogP contribution is 2.29. The van der Waals surface area contributed by atoms with Crippen LogP contribution in [0.25, 0.3) is 10.8 Å². The van der Waals surface area contributed by atoms with Gasteiger partial charge in [0, 0.05) is 24.4 Å². The lowest BCUT2D eigenvalue weighted by Crippen LogP contribution is -2.56. The van der Waals surface area contributed by atoms with Gasteiger partial charge < -0.3 is 9.74 Å². The first-order valence-corrected chi connectivity index (χ1v) is 7.15. The van der Waals surface area contributed by atoms with E-state index in [1.54, 1.807) is 4.90 Å². The maximum Gasteiger partial charge on any atom is 0.352 e. The number of carbonyl (C=O) groups is 1. The Bertz CT molecular complexity index is 676. The van der Waals surface area contributed by atoms with E-state index in [2.05, 4.69) is 13.8 Å². The molecular formula is C17H20N2O2. The first-order valence-electron chi connectivity index (χ1n) is 7.15. The Morgan fingerprint density at radius 3 is 2.57 bits per heavy atom. The lowest BCUT2D eigenvalue weighted by molar-refractivity contribution is -0.0745. The summed E-state index contributed by atoms with van der Waals surface area (Å²) >= 11 is 0. The maximum absolute atomic E-state index is 12.3. The molecular weight excluding hydrogens is 264 g/mol. The number of hydrogen-bond donors (Lipinski definition) is 0. The summed E-state index contributed by atoms with van der Waals surface area (Å²) in [7, 11) is 1.81. The number of hydrogen-bond acceptors (Lipinski definition) is 2. The Balaban J connectivity index is 1.92. The molecule has 4 heteroatoms. The molecule has 0 unspecified atom stereocenters. The average Bonchev–Trinajstić information content (AvgIpc) is 2.44. The van der Waals surface area contributed by atoms with Crippen molar-refractivity contribution < 1.29 is 9.63 Å². The van der Waals surface area contributed by atoms with Crippen LogP contribution in [0.15, 0.2) is 42.5 Å². The topological polar surface area (TPSA) is 32.8 Å². The molecule has 1 saturated heterocycles. The van der Waals surface area contributed by atoms with Crippen LogP contribution in [-0.2, 0) is 0 Å². The largest absolute Gasteiger partial charge is 0.375 e. The van der Waals surface area contributed by atoms with Gasteiger partial charge in [0.25, 0.3) is 0 Å². The summed E-state index contributed by atoms with van der Waals surface area (Å²) < 4.78 is 0. The van der Waals surface area contributed by atoms with Gasteiger partial charge in [0.2, 0.25) is 0 Å². The third-order valence-electron chi connectivity index (χ3n) is 3.73. The molecule has 0 bridgehead atoms. The van der Waals surface area contributed by atoms with Gasteiger partial charge >= 0.3 is 6.03 Å². The Hall–Kier alpha value is -2.23. The third kappa shape index (κ3) is 2.66. The van der Waals surface area contributed by atoms with Crippen molar-refractivity contribution in [3.8, 4) is 5.75 Å². The molecule has 2 amide bonds. The lowest BCUT2D eigenvalue weighted by atomic mass is 9.91. The Labute approximate surface area is 124 Å². The van der Waals surface area contributed by atoms with E-state index in [4.69, 9.17) is 4.84 Å². The van der Waals surface area contributed by atoms with Gasteiger partial charge in [-0.1, -0.05) is 50.2 Å². The van der Waals surface area contributed by atoms with Gasteiger partial charge in [0.15, 0.2) is 5.75 Å². The molecule has 1 heterocycles. The molecule has 0 saturated carbocycles. The predicted molar refractivity (Wildman–Crippen MR) is 83.1 cm³/mol. The number of benzene rings is 2. The normalized spacial score (nSPS) is 18.1. The predicted octanol–water partition coefficient (Wildman–Crippen LogP) is 3.53. The molecule has 1 fully saturated rings. The zero-order valence-electron chi connectivity index (χ0n) is 12.7. The number of rotatable bonds is 2. The van der Waals surface area contributed by atoms with E-state index < -0.39 is 0 Å². The monoisotopic (exact) mass is 284 g/mol. The fourth-order valence-corrected chi connectivity index (χ4v) is 2.87. The van der Waals surface area contributed by atoms with E-state index in [0.717, 1.165) is 17.3 Å². The summed E-state index contributed by atoms with van der Waals surface area (Å²) in [4.78, 5) is 19.9. The van der Waals surface area contributed by atoms with Gasteiger partial charge in [-0.3, -0.25) is 0 Å². The van der Waals surface area contributed by atoms with E-state index in [1.165, 1.54) is 5.06 Å². The zero-order chi connectivity index (χ0) is 15.0. The molecule has 21 heavy (non-hydrogen) atoms. The van der Waals surface area contributed by atoms with Crippen molar-refractivity contribution in [3.05, 3.63) is 42.5 Å². The van der Waals surface area contributed by atoms with Gasteiger partial charge in [-0.2, -0.15) is 5.06 Å². The highest BCUT2D eigenvalue weighted by atomic mass is 16.7. The van der Waals surface area contributed by atoms with E-state index in [1.807, 2.05) is 49.5 Å². The summed E-state index contributed by atoms with van der Waals surface area (Å²) in [5.41, 5.74) is 0.00719. The van der Waals surface area contributed by atoms with Crippen molar-refractivity contribution in [2.45, 2.75) is 13.8 Å². The van der Waals surface area contributed by atoms with E-state index in [-0.39, 0.29) is 11.4 Å². The van der Waals surface area contributed by atoms with Crippen LogP contribution in [0.3, 0.4) is 0 Å². The second-order valence-corrected chi connectivity index (χ2v) is 6.41. The molecule has 0 aliphatic carbocycles. The minimum atomic E-state index is -0.0951. The third-order valence-corrected chi connectivity index (χ3v) is 3.73. The number of urea groups is 1. The standard InChI is InChI=1S/C17H20N2O2/c1-17(2)11-18(3)16(20)19(12-17)21-15-10-6-8-13-7-4-5-9-14(13)15/h4-10H,11-12H2,1-3H3. The van der Waals surface area contributed by atoms with Crippen LogP contribution < -0.4 is 4.84 Å². The van der Waals surface area contributed by atoms with Crippen molar-refractivity contribution in [3.63, 3.8) is 0 Å². The van der Waals surface area contributed by atoms with Crippen molar-refractivity contribution in [2.24, 2.45) is 5.41 Å². The summed E-state index contributed by atoms with van der Waals surface area (Å²) in [6, 6.07) is 13.8. The summed E-state index contributed by atoms with van der Waals surface area (Å²) in [5, 5.41) is 3.58. The van der Waals surface area contributed by atoms with Gasteiger partial charge in [0.1, 0.15) is 0 Å². The van der Waals surface area contributed by atoms with Gasteiger partial charge in [-0.05, 0) is 11.5 Å². The first-order chi connectivity index (χ1) is 9.96. The van der Waals surface area contributed by atoms with Crippen LogP contribution >= 0.6 is 0 Å². The zero-order valence-corrected chi connectivity index (χ0v) is 12.7. The summed E-state index contributed by atoms with van der Waals surface area (Å²) in [6.07, 6.45) is 0. The van der Waals surface area contributed by atoms with Crippen LogP contribution in [0.1, 0.15) is 13.8 Å². The molecule has 0 radical (unpaired) electrons. The highest BCUT2D eigenvalue weighted by Gasteiger charge is 2.36. The second kappa shape index (κ2) is 4.95. The molecule has 1 aliphatic heterocycles. The molecule has 0 aromatic heterocycles. The highest BCUT2D eigenvalue weighted by molar-refractivity contribution is 5.88. The van der Waals surface area contributed by atoms with Crippen molar-refractivity contribution in [1.29, 1.82) is 0 Å². The number of nitrogens with zero attached hydrogens (tertiary/aromatic N) is 2. The number of carbonyl (C=O) groups excluding carboxylic acids is 1. The first kappa shape index (κ1) is 13.7. The van der Waals surface area contributed by atoms with Gasteiger partial charge in [0.05, 0.1) is 6.54 Å². The Morgan fingerprint density at radius 1 is 1.05 bits per heavy atom. The maximum atomic E-state index is 12.3. The van der Waals surface area contributed by atoms with Crippen molar-refractivity contribution >= 4 is 16.8 Å². The molecule has 0 spiro atoms. The van der Waals surface area contributed by atoms with E-state index in [0.29, 0.717) is 12.3 Å². The Morgan fingerprint density at radius 2 is 1.76 bits per heavy atom. The van der Waals surface area contributed by atoms with Crippen LogP contribution in [-0.4, -0.2) is 36.1 Å². The fourth-order valence-electron chi connectivity index (χ4n) is 2.87. The molecule has 1 aliphatic rings. The molecule has 110 valence electrons. The average molecular weight is 284 g/mol. The van der Waals surface area contributed by atoms with Crippen LogP contribution in [0, 0.1) is 5.41 Å². The summed E-state index contributed by atoms with van der Waals surface area (Å²) in [5.74, 6) is 0.715. The molecule has 2 aromatic rings. The Kier molecular flexibility index (Phi) is 3.24. The number of hydroxylamine groups is 2. The molecule has 4 nitrogen and oxygen atoms in total. The minimum absolute atomic E-state index is 0.00719. The number of amides is 2. The van der Waals surface area contributed by atoms with Crippen LogP contribution in [0.2, 0.25) is 0 Å². The quantitative estimate of drug-likeness (QED) is 0.845. The SMILES string of the molecule is CN1CC(C)(C)CN(Oc2cccc3ccccc23)C1=O. The lowest BCUT2D eigenvalue weighted by Gasteiger charge is -2.41. The van der Waals surface area contributed by atoms with Crippen molar-refractivity contribution in [1.82, 2.24) is 9.96 Å². The van der Waals surface area contributed by atoms with Gasteiger partial charge in [-0.25, -0.2) is 4.79 Å². The minimum Gasteiger partial charge on any atom is -0.375 e. The van der Waals surface area contributed by atoms with Crippen molar-refractivity contribution in [2.75, 3.05) is 20.1 Å². The van der Waals surface area contributed by atoms with Gasteiger partial charge in [-0.15, -0.1) is 0 Å². The molecule has 0 atom stereocenters. The smallest absolute Gasteiger partial charge is 0.352 e. The molecule has 2 aromatic carbocycles. The molecule has 3 rings (SSSR count).